The first-order valence-corrected chi connectivity index (χ1v) is 27.1. The van der Waals surface area contributed by atoms with Gasteiger partial charge >= 0.3 is 0 Å². The lowest BCUT2D eigenvalue weighted by Gasteiger charge is -2.48. The summed E-state index contributed by atoms with van der Waals surface area (Å²) in [5.41, 5.74) is 0. The highest BCUT2D eigenvalue weighted by Gasteiger charge is 2.53. The number of hydrogen-bond acceptors (Lipinski definition) is 18. The van der Waals surface area contributed by atoms with Crippen molar-refractivity contribution in [2.75, 3.05) is 26.4 Å². The summed E-state index contributed by atoms with van der Waals surface area (Å²) in [6.07, 6.45) is 7.64. The topological polar surface area (TPSA) is 307 Å². The number of hydrogen-bond donors (Lipinski definition) is 12. The first-order valence-electron chi connectivity index (χ1n) is 27.1. The molecule has 0 radical (unpaired) electrons. The van der Waals surface area contributed by atoms with Crippen molar-refractivity contribution < 1.29 is 89.4 Å². The lowest BCUT2D eigenvalue weighted by Crippen LogP contribution is -2.66. The molecule has 3 fully saturated rings. The maximum Gasteiger partial charge on any atom is 0.220 e. The van der Waals surface area contributed by atoms with Crippen molar-refractivity contribution in [3.05, 3.63) is 24.3 Å². The van der Waals surface area contributed by atoms with E-state index >= 15 is 0 Å². The predicted molar refractivity (Wildman–Crippen MR) is 263 cm³/mol. The number of unbranched alkanes of at least 4 members (excludes halogenated alkanes) is 20. The molecule has 3 aliphatic heterocycles. The number of nitrogens with one attached hydrogen (secondary N) is 1. The van der Waals surface area contributed by atoms with Crippen molar-refractivity contribution >= 4 is 5.91 Å². The number of ether oxygens (including phenoxy) is 6. The Kier molecular flexibility index (Phi) is 33.2. The molecule has 0 bridgehead atoms. The van der Waals surface area contributed by atoms with Crippen LogP contribution in [0.2, 0.25) is 0 Å². The van der Waals surface area contributed by atoms with Crippen LogP contribution in [-0.2, 0) is 33.2 Å². The molecule has 416 valence electrons. The molecule has 17 atom stereocenters. The zero-order valence-corrected chi connectivity index (χ0v) is 42.7. The van der Waals surface area contributed by atoms with E-state index in [1.807, 2.05) is 6.08 Å². The Morgan fingerprint density at radius 3 is 1.41 bits per heavy atom. The standard InChI is InChI=1S/C52H95NO18/c1-3-5-7-9-11-13-14-15-16-17-18-19-20-22-23-25-27-29-36(57)35(53-40(58)30-28-26-24-21-12-10-8-6-4-2)34-66-50-46(64)43(61)48(38(32-55)68-50)71-52-47(65)44(62)49(39(33-56)69-52)70-51-45(63)42(60)41(59)37(31-54)67-51/h20,22,27,29,35-39,41-52,54-57,59-65H,3-19,21,23-26,28,30-34H2,1-2H3,(H,53,58)/b22-20+,29-27+. The van der Waals surface area contributed by atoms with Gasteiger partial charge < -0.3 is 89.9 Å². The van der Waals surface area contributed by atoms with Crippen LogP contribution in [0.25, 0.3) is 0 Å². The smallest absolute Gasteiger partial charge is 0.220 e. The van der Waals surface area contributed by atoms with Crippen LogP contribution in [0, 0.1) is 0 Å². The first-order chi connectivity index (χ1) is 34.3. The second-order valence-electron chi connectivity index (χ2n) is 19.7. The molecule has 3 heterocycles. The molecule has 17 unspecified atom stereocenters. The molecular weight excluding hydrogens is 927 g/mol. The average Bonchev–Trinajstić information content (AvgIpc) is 3.36. The quantitative estimate of drug-likeness (QED) is 0.0313. The fourth-order valence-electron chi connectivity index (χ4n) is 9.20. The van der Waals surface area contributed by atoms with Crippen LogP contribution in [0.5, 0.6) is 0 Å². The molecular formula is C52H95NO18. The molecule has 0 aromatic carbocycles. The third-order valence-corrected chi connectivity index (χ3v) is 13.8. The summed E-state index contributed by atoms with van der Waals surface area (Å²) >= 11 is 0. The third-order valence-electron chi connectivity index (χ3n) is 13.8. The largest absolute Gasteiger partial charge is 0.394 e. The van der Waals surface area contributed by atoms with Crippen LogP contribution >= 0.6 is 0 Å². The Morgan fingerprint density at radius 2 is 0.901 bits per heavy atom. The Bertz CT molecular complexity index is 1410. The average molecular weight is 1020 g/mol. The van der Waals surface area contributed by atoms with Gasteiger partial charge in [-0.05, 0) is 32.1 Å². The Balaban J connectivity index is 1.55. The summed E-state index contributed by atoms with van der Waals surface area (Å²) < 4.78 is 34.1. The number of aliphatic hydroxyl groups excluding tert-OH is 11. The minimum atomic E-state index is -1.98. The van der Waals surface area contributed by atoms with Gasteiger partial charge in [0.05, 0.1) is 38.6 Å². The van der Waals surface area contributed by atoms with Gasteiger partial charge in [-0.1, -0.05) is 154 Å². The summed E-state index contributed by atoms with van der Waals surface area (Å²) in [6, 6.07) is -0.982. The lowest BCUT2D eigenvalue weighted by molar-refractivity contribution is -0.379. The van der Waals surface area contributed by atoms with E-state index in [2.05, 4.69) is 31.3 Å². The monoisotopic (exact) mass is 1020 g/mol. The molecule has 0 aromatic rings. The SMILES string of the molecule is CCCCCCCCCCCCC/C=C/CC/C=C/C(O)C(COC1OC(CO)C(OC2OC(CO)C(OC3OC(CO)C(O)C(O)C3O)C(O)C2O)C(O)C1O)NC(=O)CCCCCCCCCCC. The summed E-state index contributed by atoms with van der Waals surface area (Å²) in [6.45, 7) is 1.65. The van der Waals surface area contributed by atoms with Gasteiger partial charge in [0.2, 0.25) is 5.91 Å². The number of amides is 1. The highest BCUT2D eigenvalue weighted by molar-refractivity contribution is 5.76. The molecule has 1 amide bonds. The van der Waals surface area contributed by atoms with E-state index in [0.29, 0.717) is 12.8 Å². The van der Waals surface area contributed by atoms with E-state index < -0.39 is 124 Å². The van der Waals surface area contributed by atoms with Gasteiger partial charge in [-0.2, -0.15) is 0 Å². The van der Waals surface area contributed by atoms with E-state index in [4.69, 9.17) is 28.4 Å². The third kappa shape index (κ3) is 22.6. The van der Waals surface area contributed by atoms with Gasteiger partial charge in [0.1, 0.15) is 73.2 Å². The first kappa shape index (κ1) is 63.6. The zero-order valence-electron chi connectivity index (χ0n) is 42.7. The van der Waals surface area contributed by atoms with E-state index in [0.717, 1.165) is 38.5 Å². The minimum absolute atomic E-state index is 0.237. The normalized spacial score (nSPS) is 32.4. The second kappa shape index (κ2) is 37.1. The molecule has 0 aromatic heterocycles. The van der Waals surface area contributed by atoms with E-state index in [9.17, 15) is 61.0 Å². The van der Waals surface area contributed by atoms with Crippen LogP contribution in [0.4, 0.5) is 0 Å². The number of carbonyl (C=O) groups is 1. The summed E-state index contributed by atoms with van der Waals surface area (Å²) in [7, 11) is 0. The molecule has 3 rings (SSSR count). The van der Waals surface area contributed by atoms with Crippen LogP contribution in [-0.4, -0.2) is 193 Å². The second-order valence-corrected chi connectivity index (χ2v) is 19.7. The van der Waals surface area contributed by atoms with Crippen LogP contribution < -0.4 is 5.32 Å². The van der Waals surface area contributed by atoms with Crippen LogP contribution in [0.15, 0.2) is 24.3 Å². The maximum absolute atomic E-state index is 13.2. The maximum atomic E-state index is 13.2. The highest BCUT2D eigenvalue weighted by Crippen LogP contribution is 2.33. The Hall–Kier alpha value is -1.73. The van der Waals surface area contributed by atoms with Crippen LogP contribution in [0.3, 0.4) is 0 Å². The molecule has 19 nitrogen and oxygen atoms in total. The molecule has 71 heavy (non-hydrogen) atoms. The van der Waals surface area contributed by atoms with E-state index in [1.54, 1.807) is 6.08 Å². The van der Waals surface area contributed by atoms with Crippen LogP contribution in [0.1, 0.15) is 168 Å². The van der Waals surface area contributed by atoms with Crippen molar-refractivity contribution in [3.8, 4) is 0 Å². The molecule has 19 heteroatoms. The number of rotatable bonds is 38. The van der Waals surface area contributed by atoms with Gasteiger partial charge in [-0.15, -0.1) is 0 Å². The summed E-state index contributed by atoms with van der Waals surface area (Å²) in [4.78, 5) is 13.2. The van der Waals surface area contributed by atoms with Crippen molar-refractivity contribution in [2.45, 2.75) is 272 Å². The Morgan fingerprint density at radius 1 is 0.493 bits per heavy atom. The number of allylic oxidation sites excluding steroid dienone is 3. The predicted octanol–water partition coefficient (Wildman–Crippen LogP) is 2.81. The van der Waals surface area contributed by atoms with Gasteiger partial charge in [-0.3, -0.25) is 4.79 Å². The van der Waals surface area contributed by atoms with E-state index in [1.165, 1.54) is 96.3 Å². The number of carbonyl (C=O) groups excluding carboxylic acids is 1. The molecule has 12 N–H and O–H groups in total. The Labute approximate surface area is 422 Å². The number of aliphatic hydroxyl groups is 11. The van der Waals surface area contributed by atoms with Crippen molar-refractivity contribution in [2.24, 2.45) is 0 Å². The fraction of sp³-hybridized carbons (Fsp3) is 0.904. The minimum Gasteiger partial charge on any atom is -0.394 e. The highest BCUT2D eigenvalue weighted by atomic mass is 16.8. The summed E-state index contributed by atoms with van der Waals surface area (Å²) in [5, 5.41) is 120. The van der Waals surface area contributed by atoms with Crippen molar-refractivity contribution in [3.63, 3.8) is 0 Å². The fourth-order valence-corrected chi connectivity index (χ4v) is 9.20. The van der Waals surface area contributed by atoms with Gasteiger partial charge in [-0.25, -0.2) is 0 Å². The lowest BCUT2D eigenvalue weighted by atomic mass is 9.96. The molecule has 3 saturated heterocycles. The summed E-state index contributed by atoms with van der Waals surface area (Å²) in [5.74, 6) is -0.290. The zero-order chi connectivity index (χ0) is 52.0. The molecule has 0 aliphatic carbocycles. The molecule has 0 spiro atoms. The van der Waals surface area contributed by atoms with E-state index in [-0.39, 0.29) is 18.9 Å². The van der Waals surface area contributed by atoms with Gasteiger partial charge in [0, 0.05) is 6.42 Å². The van der Waals surface area contributed by atoms with Gasteiger partial charge in [0.25, 0.3) is 0 Å². The van der Waals surface area contributed by atoms with Crippen molar-refractivity contribution in [1.82, 2.24) is 5.32 Å². The molecule has 3 aliphatic rings. The van der Waals surface area contributed by atoms with Crippen molar-refractivity contribution in [1.29, 1.82) is 0 Å². The molecule has 0 saturated carbocycles. The van der Waals surface area contributed by atoms with Gasteiger partial charge in [0.15, 0.2) is 18.9 Å².